The first-order chi connectivity index (χ1) is 11.3. The molecule has 1 saturated carbocycles. The lowest BCUT2D eigenvalue weighted by atomic mass is 9.68. The van der Waals surface area contributed by atoms with Gasteiger partial charge in [0, 0.05) is 32.0 Å². The minimum absolute atomic E-state index is 0.256. The summed E-state index contributed by atoms with van der Waals surface area (Å²) in [6, 6.07) is 0.547. The average Bonchev–Trinajstić information content (AvgIpc) is 2.94. The van der Waals surface area contributed by atoms with Gasteiger partial charge in [0.05, 0.1) is 12.7 Å². The van der Waals surface area contributed by atoms with Crippen LogP contribution in [0.2, 0.25) is 0 Å². The number of nitrogens with zero attached hydrogens (tertiary/aromatic N) is 1. The van der Waals surface area contributed by atoms with Crippen molar-refractivity contribution in [2.24, 2.45) is 11.3 Å². The summed E-state index contributed by atoms with van der Waals surface area (Å²) in [6.07, 6.45) is 9.16. The van der Waals surface area contributed by atoms with Crippen LogP contribution in [0.15, 0.2) is 12.7 Å². The van der Waals surface area contributed by atoms with Crippen LogP contribution in [0.25, 0.3) is 0 Å². The van der Waals surface area contributed by atoms with Gasteiger partial charge in [0.1, 0.15) is 0 Å². The molecule has 1 heterocycles. The van der Waals surface area contributed by atoms with Gasteiger partial charge in [0.25, 0.3) is 0 Å². The molecule has 1 atom stereocenters. The molecular weight excluding hydrogens is 298 g/mol. The predicted molar refractivity (Wildman–Crippen MR) is 101 cm³/mol. The monoisotopic (exact) mass is 337 g/mol. The Bertz CT molecular complexity index is 397. The van der Waals surface area contributed by atoms with Gasteiger partial charge in [0.2, 0.25) is 0 Å². The molecule has 0 N–H and O–H groups in total. The van der Waals surface area contributed by atoms with Crippen molar-refractivity contribution in [3.63, 3.8) is 0 Å². The van der Waals surface area contributed by atoms with E-state index in [1.807, 2.05) is 6.08 Å². The van der Waals surface area contributed by atoms with E-state index in [0.717, 1.165) is 44.9 Å². The van der Waals surface area contributed by atoms with Crippen LogP contribution in [-0.2, 0) is 9.47 Å². The third-order valence-electron chi connectivity index (χ3n) is 6.51. The molecule has 2 rings (SSSR count). The molecule has 0 aromatic carbocycles. The fourth-order valence-electron chi connectivity index (χ4n) is 4.18. The highest BCUT2D eigenvalue weighted by Crippen LogP contribution is 2.47. The summed E-state index contributed by atoms with van der Waals surface area (Å²) in [5, 5.41) is 0. The third kappa shape index (κ3) is 4.83. The number of hydrogen-bond acceptors (Lipinski definition) is 3. The van der Waals surface area contributed by atoms with E-state index in [1.165, 1.54) is 19.3 Å². The van der Waals surface area contributed by atoms with Crippen LogP contribution in [0.1, 0.15) is 73.1 Å². The third-order valence-corrected chi connectivity index (χ3v) is 6.51. The summed E-state index contributed by atoms with van der Waals surface area (Å²) in [6.45, 7) is 18.3. The highest BCUT2D eigenvalue weighted by molar-refractivity contribution is 4.90. The molecule has 24 heavy (non-hydrogen) atoms. The smallest absolute Gasteiger partial charge is 0.168 e. The van der Waals surface area contributed by atoms with E-state index < -0.39 is 0 Å². The fraction of sp³-hybridized carbons (Fsp3) is 0.905. The van der Waals surface area contributed by atoms with Crippen LogP contribution >= 0.6 is 0 Å². The van der Waals surface area contributed by atoms with Gasteiger partial charge in [-0.1, -0.05) is 33.3 Å². The maximum absolute atomic E-state index is 6.42. The molecule has 3 nitrogen and oxygen atoms in total. The molecule has 1 saturated heterocycles. The van der Waals surface area contributed by atoms with Gasteiger partial charge in [-0.2, -0.15) is 0 Å². The lowest BCUT2D eigenvalue weighted by Crippen LogP contribution is -2.39. The SMILES string of the molecule is C=CCN(CCC1COC2(CCC(C(C)(C)CC)CC2)O1)C(C)C. The zero-order chi connectivity index (χ0) is 17.8. The van der Waals surface area contributed by atoms with Crippen molar-refractivity contribution in [2.75, 3.05) is 19.7 Å². The van der Waals surface area contributed by atoms with Crippen LogP contribution in [0, 0.1) is 11.3 Å². The second-order valence-electron chi connectivity index (χ2n) is 8.74. The standard InChI is InChI=1S/C21H39NO2/c1-7-14-22(17(3)4)15-11-19-16-23-21(24-19)12-9-18(10-13-21)20(5,6)8-2/h7,17-19H,1,8-16H2,2-6H3. The van der Waals surface area contributed by atoms with E-state index in [1.54, 1.807) is 0 Å². The van der Waals surface area contributed by atoms with Crippen molar-refractivity contribution < 1.29 is 9.47 Å². The highest BCUT2D eigenvalue weighted by Gasteiger charge is 2.46. The van der Waals surface area contributed by atoms with Crippen LogP contribution in [-0.4, -0.2) is 42.5 Å². The summed E-state index contributed by atoms with van der Waals surface area (Å²) in [7, 11) is 0. The van der Waals surface area contributed by atoms with E-state index in [2.05, 4.69) is 46.1 Å². The largest absolute Gasteiger partial charge is 0.347 e. The van der Waals surface area contributed by atoms with Gasteiger partial charge in [-0.25, -0.2) is 0 Å². The Morgan fingerprint density at radius 1 is 1.29 bits per heavy atom. The number of rotatable bonds is 8. The van der Waals surface area contributed by atoms with Crippen molar-refractivity contribution in [1.82, 2.24) is 4.90 Å². The van der Waals surface area contributed by atoms with Crippen LogP contribution in [0.5, 0.6) is 0 Å². The van der Waals surface area contributed by atoms with Gasteiger partial charge in [0.15, 0.2) is 5.79 Å². The van der Waals surface area contributed by atoms with Crippen molar-refractivity contribution in [1.29, 1.82) is 0 Å². The molecule has 0 amide bonds. The van der Waals surface area contributed by atoms with E-state index >= 15 is 0 Å². The average molecular weight is 338 g/mol. The topological polar surface area (TPSA) is 21.7 Å². The summed E-state index contributed by atoms with van der Waals surface area (Å²) in [4.78, 5) is 2.45. The first kappa shape index (κ1) is 19.9. The van der Waals surface area contributed by atoms with Crippen LogP contribution in [0.4, 0.5) is 0 Å². The maximum Gasteiger partial charge on any atom is 0.168 e. The summed E-state index contributed by atoms with van der Waals surface area (Å²) >= 11 is 0. The van der Waals surface area contributed by atoms with Crippen molar-refractivity contribution in [2.45, 2.75) is 91.1 Å². The molecule has 0 bridgehead atoms. The predicted octanol–water partition coefficient (Wildman–Crippen LogP) is 5.01. The molecule has 1 unspecified atom stereocenters. The Balaban J connectivity index is 1.80. The molecule has 2 aliphatic rings. The lowest BCUT2D eigenvalue weighted by molar-refractivity contribution is -0.197. The molecule has 1 spiro atoms. The first-order valence-electron chi connectivity index (χ1n) is 9.98. The Labute approximate surface area is 149 Å². The second kappa shape index (κ2) is 8.33. The lowest BCUT2D eigenvalue weighted by Gasteiger charge is -2.42. The molecule has 0 aromatic rings. The summed E-state index contributed by atoms with van der Waals surface area (Å²) in [5.41, 5.74) is 0.446. The van der Waals surface area contributed by atoms with Gasteiger partial charge < -0.3 is 9.47 Å². The highest BCUT2D eigenvalue weighted by atomic mass is 16.7. The Morgan fingerprint density at radius 2 is 1.96 bits per heavy atom. The van der Waals surface area contributed by atoms with Gasteiger partial charge in [-0.05, 0) is 44.4 Å². The molecule has 140 valence electrons. The Kier molecular flexibility index (Phi) is 6.92. The summed E-state index contributed by atoms with van der Waals surface area (Å²) in [5.74, 6) is 0.537. The number of hydrogen-bond donors (Lipinski definition) is 0. The van der Waals surface area contributed by atoms with Crippen LogP contribution in [0.3, 0.4) is 0 Å². The molecule has 1 aliphatic carbocycles. The zero-order valence-electron chi connectivity index (χ0n) is 16.6. The van der Waals surface area contributed by atoms with Crippen LogP contribution < -0.4 is 0 Å². The minimum atomic E-state index is -0.272. The molecule has 2 fully saturated rings. The summed E-state index contributed by atoms with van der Waals surface area (Å²) < 4.78 is 12.6. The second-order valence-corrected chi connectivity index (χ2v) is 8.74. The Hall–Kier alpha value is -0.380. The van der Waals surface area contributed by atoms with Crippen molar-refractivity contribution >= 4 is 0 Å². The van der Waals surface area contributed by atoms with E-state index in [9.17, 15) is 0 Å². The zero-order valence-corrected chi connectivity index (χ0v) is 16.6. The van der Waals surface area contributed by atoms with Gasteiger partial charge in [-0.3, -0.25) is 4.90 Å². The Morgan fingerprint density at radius 3 is 2.50 bits per heavy atom. The molecule has 1 aliphatic heterocycles. The van der Waals surface area contributed by atoms with Crippen molar-refractivity contribution in [3.8, 4) is 0 Å². The molecular formula is C21H39NO2. The maximum atomic E-state index is 6.42. The van der Waals surface area contributed by atoms with Crippen molar-refractivity contribution in [3.05, 3.63) is 12.7 Å². The molecule has 3 heteroatoms. The normalized spacial score (nSPS) is 31.3. The van der Waals surface area contributed by atoms with Gasteiger partial charge in [-0.15, -0.1) is 6.58 Å². The van der Waals surface area contributed by atoms with Gasteiger partial charge >= 0.3 is 0 Å². The molecule has 0 aromatic heterocycles. The van der Waals surface area contributed by atoms with E-state index in [0.29, 0.717) is 11.5 Å². The van der Waals surface area contributed by atoms with E-state index in [-0.39, 0.29) is 11.9 Å². The fourth-order valence-corrected chi connectivity index (χ4v) is 4.18. The van der Waals surface area contributed by atoms with E-state index in [4.69, 9.17) is 9.47 Å². The molecule has 0 radical (unpaired) electrons. The minimum Gasteiger partial charge on any atom is -0.347 e. The quantitative estimate of drug-likeness (QED) is 0.581. The number of ether oxygens (including phenoxy) is 2. The first-order valence-corrected chi connectivity index (χ1v) is 9.98.